The Bertz CT molecular complexity index is 1120. The maximum atomic E-state index is 13.7. The zero-order chi connectivity index (χ0) is 21.3. The van der Waals surface area contributed by atoms with E-state index in [1.165, 1.54) is 18.2 Å². The first kappa shape index (κ1) is 19.5. The molecule has 0 radical (unpaired) electrons. The van der Waals surface area contributed by atoms with Gasteiger partial charge in [0.1, 0.15) is 6.04 Å². The summed E-state index contributed by atoms with van der Waals surface area (Å²) in [6.45, 7) is 0. The summed E-state index contributed by atoms with van der Waals surface area (Å²) in [5.41, 5.74) is 4.25. The number of fused-ring (bicyclic) bond motifs is 1. The number of anilines is 3. The predicted octanol–water partition coefficient (Wildman–Crippen LogP) is 3.79. The van der Waals surface area contributed by atoms with E-state index in [-0.39, 0.29) is 17.9 Å². The fraction of sp³-hybridized carbons (Fsp3) is 0.0909. The number of amides is 2. The summed E-state index contributed by atoms with van der Waals surface area (Å²) in [5.74, 6) is -2.88. The number of hydrogen-bond donors (Lipinski definition) is 3. The van der Waals surface area contributed by atoms with Gasteiger partial charge in [0.05, 0.1) is 11.4 Å². The molecule has 0 unspecified atom stereocenters. The molecule has 8 heteroatoms. The van der Waals surface area contributed by atoms with Crippen molar-refractivity contribution in [1.29, 1.82) is 0 Å². The molecule has 1 aliphatic rings. The smallest absolute Gasteiger partial charge is 0.274 e. The van der Waals surface area contributed by atoms with Crippen LogP contribution in [0, 0.1) is 11.6 Å². The molecule has 0 saturated heterocycles. The summed E-state index contributed by atoms with van der Waals surface area (Å²) >= 11 is 0. The van der Waals surface area contributed by atoms with E-state index in [1.54, 1.807) is 34.6 Å². The maximum Gasteiger partial charge on any atom is 0.274 e. The SMILES string of the molecule is O=C(NO)c1ccc(N2c3ccccc3NC(=O)[C@H]2Cc2ccc(F)c(F)c2)cc1. The van der Waals surface area contributed by atoms with Crippen molar-refractivity contribution in [1.82, 2.24) is 5.48 Å². The molecule has 3 aromatic rings. The van der Waals surface area contributed by atoms with Crippen LogP contribution in [-0.2, 0) is 11.2 Å². The Kier molecular flexibility index (Phi) is 5.16. The van der Waals surface area contributed by atoms with Crippen molar-refractivity contribution in [3.05, 3.63) is 89.5 Å². The number of para-hydroxylation sites is 2. The van der Waals surface area contributed by atoms with Gasteiger partial charge >= 0.3 is 0 Å². The molecule has 0 aromatic heterocycles. The Morgan fingerprint density at radius 3 is 2.47 bits per heavy atom. The van der Waals surface area contributed by atoms with Gasteiger partial charge in [-0.3, -0.25) is 14.8 Å². The van der Waals surface area contributed by atoms with E-state index >= 15 is 0 Å². The van der Waals surface area contributed by atoms with Crippen molar-refractivity contribution >= 4 is 28.9 Å². The number of halogens is 2. The Hall–Kier alpha value is -3.78. The topological polar surface area (TPSA) is 81.7 Å². The number of carbonyl (C=O) groups is 2. The van der Waals surface area contributed by atoms with Gasteiger partial charge in [-0.15, -0.1) is 0 Å². The summed E-state index contributed by atoms with van der Waals surface area (Å²) in [6, 6.07) is 16.4. The third-order valence-corrected chi connectivity index (χ3v) is 4.96. The average Bonchev–Trinajstić information content (AvgIpc) is 2.76. The standard InChI is InChI=1S/C22H17F2N3O3/c23-16-10-5-13(11-17(16)24)12-20-22(29)25-18-3-1-2-4-19(18)27(20)15-8-6-14(7-9-15)21(28)26-30/h1-11,20,30H,12H2,(H,25,29)(H,26,28)/t20-/m1/s1. The van der Waals surface area contributed by atoms with Gasteiger partial charge in [-0.1, -0.05) is 18.2 Å². The van der Waals surface area contributed by atoms with Crippen molar-refractivity contribution in [2.45, 2.75) is 12.5 Å². The van der Waals surface area contributed by atoms with Crippen molar-refractivity contribution in [3.8, 4) is 0 Å². The largest absolute Gasteiger partial charge is 0.327 e. The minimum atomic E-state index is -0.977. The highest BCUT2D eigenvalue weighted by Crippen LogP contribution is 2.38. The van der Waals surface area contributed by atoms with Crippen LogP contribution in [0.5, 0.6) is 0 Å². The van der Waals surface area contributed by atoms with E-state index in [0.717, 1.165) is 17.8 Å². The second-order valence-corrected chi connectivity index (χ2v) is 6.83. The summed E-state index contributed by atoms with van der Waals surface area (Å²) in [5, 5.41) is 11.6. The summed E-state index contributed by atoms with van der Waals surface area (Å²) < 4.78 is 27.0. The highest BCUT2D eigenvalue weighted by atomic mass is 19.2. The number of hydrogen-bond acceptors (Lipinski definition) is 4. The fourth-order valence-electron chi connectivity index (χ4n) is 3.52. The second-order valence-electron chi connectivity index (χ2n) is 6.83. The van der Waals surface area contributed by atoms with Crippen LogP contribution in [0.2, 0.25) is 0 Å². The molecule has 0 saturated carbocycles. The number of nitrogens with zero attached hydrogens (tertiary/aromatic N) is 1. The molecule has 0 spiro atoms. The molecule has 3 N–H and O–H groups in total. The Labute approximate surface area is 170 Å². The molecule has 0 bridgehead atoms. The Morgan fingerprint density at radius 1 is 1.03 bits per heavy atom. The lowest BCUT2D eigenvalue weighted by atomic mass is 9.98. The first-order chi connectivity index (χ1) is 14.5. The second kappa shape index (κ2) is 7.92. The molecular formula is C22H17F2N3O3. The maximum absolute atomic E-state index is 13.7. The summed E-state index contributed by atoms with van der Waals surface area (Å²) in [7, 11) is 0. The summed E-state index contributed by atoms with van der Waals surface area (Å²) in [6.07, 6.45) is 0.135. The van der Waals surface area contributed by atoms with Crippen LogP contribution in [0.3, 0.4) is 0 Å². The lowest BCUT2D eigenvalue weighted by Gasteiger charge is -2.38. The van der Waals surface area contributed by atoms with Crippen LogP contribution in [0.4, 0.5) is 25.8 Å². The van der Waals surface area contributed by atoms with E-state index in [1.807, 2.05) is 12.1 Å². The average molecular weight is 409 g/mol. The van der Waals surface area contributed by atoms with Crippen LogP contribution in [0.15, 0.2) is 66.7 Å². The van der Waals surface area contributed by atoms with E-state index < -0.39 is 23.6 Å². The number of carbonyl (C=O) groups excluding carboxylic acids is 2. The van der Waals surface area contributed by atoms with Crippen molar-refractivity contribution in [2.75, 3.05) is 10.2 Å². The molecule has 3 aromatic carbocycles. The molecule has 152 valence electrons. The molecule has 0 fully saturated rings. The molecule has 30 heavy (non-hydrogen) atoms. The highest BCUT2D eigenvalue weighted by molar-refractivity contribution is 6.06. The lowest BCUT2D eigenvalue weighted by molar-refractivity contribution is -0.117. The molecule has 6 nitrogen and oxygen atoms in total. The zero-order valence-electron chi connectivity index (χ0n) is 15.6. The molecule has 2 amide bonds. The minimum Gasteiger partial charge on any atom is -0.327 e. The van der Waals surface area contributed by atoms with Crippen LogP contribution in [0.1, 0.15) is 15.9 Å². The number of benzene rings is 3. The van der Waals surface area contributed by atoms with Gasteiger partial charge < -0.3 is 10.2 Å². The molecule has 0 aliphatic carbocycles. The number of hydroxylamine groups is 1. The van der Waals surface area contributed by atoms with Crippen molar-refractivity contribution < 1.29 is 23.6 Å². The van der Waals surface area contributed by atoms with Gasteiger partial charge in [0.15, 0.2) is 11.6 Å². The third kappa shape index (κ3) is 3.60. The molecule has 1 aliphatic heterocycles. The van der Waals surface area contributed by atoms with Gasteiger partial charge in [-0.2, -0.15) is 0 Å². The highest BCUT2D eigenvalue weighted by Gasteiger charge is 2.34. The normalized spacial score (nSPS) is 15.4. The predicted molar refractivity (Wildman–Crippen MR) is 107 cm³/mol. The van der Waals surface area contributed by atoms with Crippen LogP contribution < -0.4 is 15.7 Å². The van der Waals surface area contributed by atoms with E-state index in [9.17, 15) is 18.4 Å². The van der Waals surface area contributed by atoms with Gasteiger partial charge in [-0.05, 0) is 54.1 Å². The number of rotatable bonds is 4. The minimum absolute atomic E-state index is 0.135. The van der Waals surface area contributed by atoms with Gasteiger partial charge in [0.25, 0.3) is 5.91 Å². The van der Waals surface area contributed by atoms with E-state index in [4.69, 9.17) is 5.21 Å². The monoisotopic (exact) mass is 409 g/mol. The van der Waals surface area contributed by atoms with Crippen LogP contribution >= 0.6 is 0 Å². The van der Waals surface area contributed by atoms with Gasteiger partial charge in [0.2, 0.25) is 5.91 Å². The van der Waals surface area contributed by atoms with Crippen molar-refractivity contribution in [2.24, 2.45) is 0 Å². The van der Waals surface area contributed by atoms with Crippen LogP contribution in [-0.4, -0.2) is 23.1 Å². The summed E-state index contributed by atoms with van der Waals surface area (Å²) in [4.78, 5) is 26.3. The van der Waals surface area contributed by atoms with Gasteiger partial charge in [0, 0.05) is 17.7 Å². The van der Waals surface area contributed by atoms with Gasteiger partial charge in [-0.25, -0.2) is 14.3 Å². The molecular weight excluding hydrogens is 392 g/mol. The molecule has 1 atom stereocenters. The first-order valence-corrected chi connectivity index (χ1v) is 9.15. The lowest BCUT2D eigenvalue weighted by Crippen LogP contribution is -2.47. The third-order valence-electron chi connectivity index (χ3n) is 4.96. The number of nitrogens with one attached hydrogen (secondary N) is 2. The molecule has 4 rings (SSSR count). The first-order valence-electron chi connectivity index (χ1n) is 9.15. The quantitative estimate of drug-likeness (QED) is 0.452. The van der Waals surface area contributed by atoms with E-state index in [0.29, 0.717) is 16.9 Å². The van der Waals surface area contributed by atoms with Crippen LogP contribution in [0.25, 0.3) is 0 Å². The molecule has 1 heterocycles. The zero-order valence-corrected chi connectivity index (χ0v) is 15.6. The van der Waals surface area contributed by atoms with E-state index in [2.05, 4.69) is 5.32 Å². The van der Waals surface area contributed by atoms with Crippen molar-refractivity contribution in [3.63, 3.8) is 0 Å². The Balaban J connectivity index is 1.76. The Morgan fingerprint density at radius 2 is 1.77 bits per heavy atom. The fourth-order valence-corrected chi connectivity index (χ4v) is 3.52.